The maximum atomic E-state index is 6.26. The van der Waals surface area contributed by atoms with Gasteiger partial charge in [-0.25, -0.2) is 0 Å². The Balaban J connectivity index is 1.73. The van der Waals surface area contributed by atoms with Crippen molar-refractivity contribution in [3.05, 3.63) is 29.3 Å². The predicted octanol–water partition coefficient (Wildman–Crippen LogP) is 5.97. The zero-order chi connectivity index (χ0) is 17.4. The van der Waals surface area contributed by atoms with Crippen LogP contribution in [-0.2, 0) is 0 Å². The minimum absolute atomic E-state index is 0.513. The van der Waals surface area contributed by atoms with Crippen molar-refractivity contribution >= 4 is 0 Å². The van der Waals surface area contributed by atoms with E-state index in [1.165, 1.54) is 69.3 Å². The Hall–Kier alpha value is -1.02. The van der Waals surface area contributed by atoms with Crippen LogP contribution < -0.4 is 4.74 Å². The van der Waals surface area contributed by atoms with Gasteiger partial charge in [-0.05, 0) is 68.3 Å². The van der Waals surface area contributed by atoms with Crippen molar-refractivity contribution in [1.29, 1.82) is 0 Å². The van der Waals surface area contributed by atoms with Gasteiger partial charge in [-0.1, -0.05) is 58.7 Å². The molecule has 1 aromatic rings. The molecule has 1 heterocycles. The summed E-state index contributed by atoms with van der Waals surface area (Å²) in [6.07, 6.45) is 7.95. The van der Waals surface area contributed by atoms with Crippen LogP contribution >= 0.6 is 0 Å². The molecule has 2 nitrogen and oxygen atoms in total. The van der Waals surface area contributed by atoms with Crippen molar-refractivity contribution in [2.75, 3.05) is 26.2 Å². The minimum atomic E-state index is 0.513. The van der Waals surface area contributed by atoms with Gasteiger partial charge in [-0.3, -0.25) is 0 Å². The normalized spacial score (nSPS) is 15.6. The van der Waals surface area contributed by atoms with Gasteiger partial charge >= 0.3 is 0 Å². The Morgan fingerprint density at radius 3 is 2.04 bits per heavy atom. The van der Waals surface area contributed by atoms with Crippen molar-refractivity contribution in [2.24, 2.45) is 0 Å². The summed E-state index contributed by atoms with van der Waals surface area (Å²) >= 11 is 0. The zero-order valence-corrected chi connectivity index (χ0v) is 16.3. The van der Waals surface area contributed by atoms with E-state index in [4.69, 9.17) is 4.74 Å². The highest BCUT2D eigenvalue weighted by Crippen LogP contribution is 2.34. The highest BCUT2D eigenvalue weighted by molar-refractivity contribution is 5.44. The molecule has 0 aliphatic carbocycles. The van der Waals surface area contributed by atoms with Crippen molar-refractivity contribution in [3.8, 4) is 5.75 Å². The molecule has 1 fully saturated rings. The molecule has 0 bridgehead atoms. The Morgan fingerprint density at radius 2 is 1.46 bits per heavy atom. The first-order chi connectivity index (χ1) is 11.6. The zero-order valence-electron chi connectivity index (χ0n) is 16.3. The molecular formula is C22H37NO. The van der Waals surface area contributed by atoms with Gasteiger partial charge in [0.2, 0.25) is 0 Å². The van der Waals surface area contributed by atoms with E-state index in [0.717, 1.165) is 12.4 Å². The van der Waals surface area contributed by atoms with Crippen LogP contribution in [0.1, 0.15) is 89.2 Å². The number of benzene rings is 1. The van der Waals surface area contributed by atoms with Crippen LogP contribution in [0.2, 0.25) is 0 Å². The molecule has 2 heteroatoms. The fraction of sp³-hybridized carbons (Fsp3) is 0.727. The minimum Gasteiger partial charge on any atom is -0.493 e. The Morgan fingerprint density at radius 1 is 0.875 bits per heavy atom. The van der Waals surface area contributed by atoms with Gasteiger partial charge in [0, 0.05) is 0 Å². The number of likely N-dealkylation sites (tertiary alicyclic amines) is 1. The van der Waals surface area contributed by atoms with Crippen LogP contribution in [-0.4, -0.2) is 31.1 Å². The lowest BCUT2D eigenvalue weighted by Gasteiger charge is -2.20. The summed E-state index contributed by atoms with van der Waals surface area (Å²) in [5.41, 5.74) is 2.71. The number of hydrogen-bond donors (Lipinski definition) is 0. The van der Waals surface area contributed by atoms with Crippen LogP contribution in [0.5, 0.6) is 5.75 Å². The van der Waals surface area contributed by atoms with Gasteiger partial charge in [0.05, 0.1) is 6.61 Å². The second-order valence-electron chi connectivity index (χ2n) is 7.89. The molecule has 1 aromatic carbocycles. The number of unbranched alkanes of at least 4 members (excludes halogenated alkanes) is 3. The summed E-state index contributed by atoms with van der Waals surface area (Å²) in [4.78, 5) is 2.62. The molecule has 136 valence electrons. The second-order valence-corrected chi connectivity index (χ2v) is 7.89. The molecular weight excluding hydrogens is 294 g/mol. The van der Waals surface area contributed by atoms with Crippen molar-refractivity contribution in [3.63, 3.8) is 0 Å². The van der Waals surface area contributed by atoms with Crippen molar-refractivity contribution in [2.45, 2.75) is 78.1 Å². The molecule has 0 unspecified atom stereocenters. The molecule has 1 aliphatic rings. The monoisotopic (exact) mass is 331 g/mol. The van der Waals surface area contributed by atoms with Crippen LogP contribution in [0.4, 0.5) is 0 Å². The molecule has 0 aromatic heterocycles. The average Bonchev–Trinajstić information content (AvgIpc) is 3.06. The highest BCUT2D eigenvalue weighted by atomic mass is 16.5. The molecule has 2 rings (SSSR count). The number of nitrogens with zero attached hydrogens (tertiary/aromatic N) is 1. The molecule has 0 amide bonds. The van der Waals surface area contributed by atoms with E-state index in [1.807, 2.05) is 0 Å². The van der Waals surface area contributed by atoms with E-state index in [1.54, 1.807) is 0 Å². The van der Waals surface area contributed by atoms with Gasteiger partial charge in [0.1, 0.15) is 5.75 Å². The van der Waals surface area contributed by atoms with E-state index in [2.05, 4.69) is 50.8 Å². The fourth-order valence-electron chi connectivity index (χ4n) is 3.62. The van der Waals surface area contributed by atoms with Crippen LogP contribution in [0, 0.1) is 0 Å². The molecule has 0 saturated carbocycles. The SMILES string of the molecule is CC(C)c1cccc(C(C)C)c1OCCCCCCN1CCCC1. The number of rotatable bonds is 10. The lowest BCUT2D eigenvalue weighted by molar-refractivity contribution is 0.290. The first-order valence-corrected chi connectivity index (χ1v) is 10.1. The third-order valence-corrected chi connectivity index (χ3v) is 5.13. The predicted molar refractivity (Wildman–Crippen MR) is 104 cm³/mol. The largest absolute Gasteiger partial charge is 0.493 e. The topological polar surface area (TPSA) is 12.5 Å². The molecule has 1 saturated heterocycles. The quantitative estimate of drug-likeness (QED) is 0.490. The lowest BCUT2D eigenvalue weighted by Crippen LogP contribution is -2.20. The summed E-state index contributed by atoms with van der Waals surface area (Å²) < 4.78 is 6.26. The molecule has 0 spiro atoms. The third kappa shape index (κ3) is 5.81. The smallest absolute Gasteiger partial charge is 0.126 e. The maximum absolute atomic E-state index is 6.26. The average molecular weight is 332 g/mol. The summed E-state index contributed by atoms with van der Waals surface area (Å²) in [7, 11) is 0. The van der Waals surface area contributed by atoms with Gasteiger partial charge in [-0.15, -0.1) is 0 Å². The molecule has 1 aliphatic heterocycles. The van der Waals surface area contributed by atoms with E-state index in [-0.39, 0.29) is 0 Å². The first-order valence-electron chi connectivity index (χ1n) is 10.1. The maximum Gasteiger partial charge on any atom is 0.126 e. The van der Waals surface area contributed by atoms with Crippen LogP contribution in [0.3, 0.4) is 0 Å². The Bertz CT molecular complexity index is 449. The molecule has 0 N–H and O–H groups in total. The summed E-state index contributed by atoms with van der Waals surface area (Å²) in [6.45, 7) is 13.8. The van der Waals surface area contributed by atoms with Crippen molar-refractivity contribution < 1.29 is 4.74 Å². The van der Waals surface area contributed by atoms with Gasteiger partial charge in [0.15, 0.2) is 0 Å². The Labute approximate surface area is 149 Å². The third-order valence-electron chi connectivity index (χ3n) is 5.13. The first kappa shape index (κ1) is 19.3. The van der Waals surface area contributed by atoms with E-state index >= 15 is 0 Å². The molecule has 0 radical (unpaired) electrons. The van der Waals surface area contributed by atoms with E-state index in [0.29, 0.717) is 11.8 Å². The highest BCUT2D eigenvalue weighted by Gasteiger charge is 2.15. The molecule has 0 atom stereocenters. The van der Waals surface area contributed by atoms with Crippen LogP contribution in [0.25, 0.3) is 0 Å². The van der Waals surface area contributed by atoms with E-state index < -0.39 is 0 Å². The second kappa shape index (κ2) is 10.1. The standard InChI is InChI=1S/C22H37NO/c1-18(2)20-12-11-13-21(19(3)4)22(20)24-17-10-6-5-7-14-23-15-8-9-16-23/h11-13,18-19H,5-10,14-17H2,1-4H3. The fourth-order valence-corrected chi connectivity index (χ4v) is 3.62. The number of ether oxygens (including phenoxy) is 1. The summed E-state index contributed by atoms with van der Waals surface area (Å²) in [6, 6.07) is 6.62. The van der Waals surface area contributed by atoms with Gasteiger partial charge < -0.3 is 9.64 Å². The summed E-state index contributed by atoms with van der Waals surface area (Å²) in [5.74, 6) is 2.18. The van der Waals surface area contributed by atoms with Gasteiger partial charge in [-0.2, -0.15) is 0 Å². The van der Waals surface area contributed by atoms with E-state index in [9.17, 15) is 0 Å². The van der Waals surface area contributed by atoms with Crippen molar-refractivity contribution in [1.82, 2.24) is 4.90 Å². The lowest BCUT2D eigenvalue weighted by atomic mass is 9.94. The van der Waals surface area contributed by atoms with Gasteiger partial charge in [0.25, 0.3) is 0 Å². The Kier molecular flexibility index (Phi) is 8.11. The molecule has 24 heavy (non-hydrogen) atoms. The van der Waals surface area contributed by atoms with Crippen LogP contribution in [0.15, 0.2) is 18.2 Å². The number of para-hydroxylation sites is 1. The summed E-state index contributed by atoms with van der Waals surface area (Å²) in [5, 5.41) is 0. The number of hydrogen-bond acceptors (Lipinski definition) is 2.